The first-order valence-corrected chi connectivity index (χ1v) is 12.3. The third-order valence-corrected chi connectivity index (χ3v) is 8.11. The van der Waals surface area contributed by atoms with Gasteiger partial charge in [0.25, 0.3) is 0 Å². The molecular weight excluding hydrogens is 412 g/mol. The molecule has 0 radical (unpaired) electrons. The van der Waals surface area contributed by atoms with Crippen LogP contribution in [0.5, 0.6) is 0 Å². The maximum Gasteiger partial charge on any atom is 0.182 e. The van der Waals surface area contributed by atoms with Crippen LogP contribution in [0.25, 0.3) is 0 Å². The lowest BCUT2D eigenvalue weighted by molar-refractivity contribution is -0.288. The maximum atomic E-state index is 13.6. The van der Waals surface area contributed by atoms with Crippen LogP contribution in [-0.2, 0) is 31.6 Å². The Kier molecular flexibility index (Phi) is 7.56. The molecule has 2 fully saturated rings. The molecule has 1 N–H and O–H groups in total. The minimum atomic E-state index is -1.26. The van der Waals surface area contributed by atoms with Gasteiger partial charge in [-0.1, -0.05) is 48.0 Å². The fourth-order valence-corrected chi connectivity index (χ4v) is 6.11. The molecule has 2 aromatic rings. The lowest BCUT2D eigenvalue weighted by Crippen LogP contribution is -2.57. The fraction of sp³-hybridized carbons (Fsp3) is 0.520. The van der Waals surface area contributed by atoms with E-state index in [0.717, 1.165) is 28.9 Å². The van der Waals surface area contributed by atoms with E-state index in [1.165, 1.54) is 0 Å². The summed E-state index contributed by atoms with van der Waals surface area (Å²) in [5.41, 5.74) is 2.28. The zero-order chi connectivity index (χ0) is 21.7. The number of benzene rings is 2. The summed E-state index contributed by atoms with van der Waals surface area (Å²) < 4.78 is 32.1. The van der Waals surface area contributed by atoms with Gasteiger partial charge in [0, 0.05) is 29.8 Å². The molecule has 6 heteroatoms. The van der Waals surface area contributed by atoms with E-state index in [0.29, 0.717) is 32.8 Å². The van der Waals surface area contributed by atoms with Crippen molar-refractivity contribution in [3.8, 4) is 0 Å². The predicted molar refractivity (Wildman–Crippen MR) is 120 cm³/mol. The van der Waals surface area contributed by atoms with Crippen LogP contribution in [0.15, 0.2) is 59.5 Å². The van der Waals surface area contributed by atoms with Crippen LogP contribution in [0, 0.1) is 18.8 Å². The SMILES string of the molecule is Cc1ccc([S@](=O)[C@H]2C[C@@H](COCc3ccccc3)CO[C@]23CC[C@H](CO)CO3)cc1. The summed E-state index contributed by atoms with van der Waals surface area (Å²) in [6.45, 7) is 4.22. The Bertz CT molecular complexity index is 846. The molecule has 1 spiro atoms. The quantitative estimate of drug-likeness (QED) is 0.703. The van der Waals surface area contributed by atoms with E-state index in [1.54, 1.807) is 0 Å². The molecule has 0 bridgehead atoms. The number of aliphatic hydroxyl groups excluding tert-OH is 1. The molecule has 2 saturated heterocycles. The molecule has 2 heterocycles. The van der Waals surface area contributed by atoms with Gasteiger partial charge < -0.3 is 19.3 Å². The third-order valence-electron chi connectivity index (χ3n) is 6.30. The van der Waals surface area contributed by atoms with Crippen LogP contribution in [0.2, 0.25) is 0 Å². The zero-order valence-electron chi connectivity index (χ0n) is 18.1. The highest BCUT2D eigenvalue weighted by molar-refractivity contribution is 7.85. The topological polar surface area (TPSA) is 65.0 Å². The van der Waals surface area contributed by atoms with Crippen molar-refractivity contribution in [2.45, 2.75) is 48.7 Å². The normalized spacial score (nSPS) is 29.7. The Balaban J connectivity index is 1.46. The van der Waals surface area contributed by atoms with E-state index < -0.39 is 16.6 Å². The van der Waals surface area contributed by atoms with E-state index >= 15 is 0 Å². The number of hydrogen-bond acceptors (Lipinski definition) is 5. The summed E-state index contributed by atoms with van der Waals surface area (Å²) in [5, 5.41) is 9.22. The summed E-state index contributed by atoms with van der Waals surface area (Å²) in [6, 6.07) is 18.0. The van der Waals surface area contributed by atoms with Gasteiger partial charge in [0.05, 0.1) is 42.5 Å². The average molecular weight is 445 g/mol. The van der Waals surface area contributed by atoms with Crippen molar-refractivity contribution in [3.63, 3.8) is 0 Å². The summed E-state index contributed by atoms with van der Waals surface area (Å²) in [6.07, 6.45) is 2.18. The first-order chi connectivity index (χ1) is 15.1. The Morgan fingerprint density at radius 3 is 2.42 bits per heavy atom. The molecule has 5 nitrogen and oxygen atoms in total. The average Bonchev–Trinajstić information content (AvgIpc) is 2.81. The maximum absolute atomic E-state index is 13.6. The minimum absolute atomic E-state index is 0.109. The number of aryl methyl sites for hydroxylation is 1. The van der Waals surface area contributed by atoms with Crippen molar-refractivity contribution in [1.29, 1.82) is 0 Å². The van der Waals surface area contributed by atoms with Crippen molar-refractivity contribution >= 4 is 10.8 Å². The summed E-state index contributed by atoms with van der Waals surface area (Å²) in [5.74, 6) is -0.570. The van der Waals surface area contributed by atoms with E-state index in [2.05, 4.69) is 12.1 Å². The highest BCUT2D eigenvalue weighted by Crippen LogP contribution is 2.42. The van der Waals surface area contributed by atoms with Crippen LogP contribution < -0.4 is 0 Å². The van der Waals surface area contributed by atoms with E-state index in [-0.39, 0.29) is 23.7 Å². The molecule has 4 rings (SSSR count). The lowest BCUT2D eigenvalue weighted by atomic mass is 9.88. The van der Waals surface area contributed by atoms with Gasteiger partial charge in [-0.05, 0) is 37.5 Å². The third kappa shape index (κ3) is 5.44. The molecule has 0 amide bonds. The summed E-state index contributed by atoms with van der Waals surface area (Å²) in [7, 11) is -1.26. The van der Waals surface area contributed by atoms with Crippen molar-refractivity contribution in [1.82, 2.24) is 0 Å². The van der Waals surface area contributed by atoms with Crippen LogP contribution >= 0.6 is 0 Å². The van der Waals surface area contributed by atoms with Crippen LogP contribution in [0.3, 0.4) is 0 Å². The second kappa shape index (κ2) is 10.4. The number of rotatable bonds is 7. The van der Waals surface area contributed by atoms with Gasteiger partial charge in [-0.15, -0.1) is 0 Å². The second-order valence-electron chi connectivity index (χ2n) is 8.72. The zero-order valence-corrected chi connectivity index (χ0v) is 18.9. The standard InChI is InChI=1S/C25H32O5S/c1-19-7-9-23(10-8-19)31(27)24-13-22(16-28-15-20-5-3-2-4-6-20)18-30-25(24)12-11-21(14-26)17-29-25/h2-10,21-22,24,26H,11-18H2,1H3/t21-,22+,24+,25-,31+/m1/s1. The molecule has 168 valence electrons. The molecule has 31 heavy (non-hydrogen) atoms. The highest BCUT2D eigenvalue weighted by Gasteiger charge is 2.51. The van der Waals surface area contributed by atoms with Crippen molar-refractivity contribution in [3.05, 3.63) is 65.7 Å². The van der Waals surface area contributed by atoms with E-state index in [9.17, 15) is 9.32 Å². The predicted octanol–water partition coefficient (Wildman–Crippen LogP) is 3.84. The number of hydrogen-bond donors (Lipinski definition) is 1. The van der Waals surface area contributed by atoms with E-state index in [1.807, 2.05) is 49.4 Å². The number of aliphatic hydroxyl groups is 1. The number of ether oxygens (including phenoxy) is 3. The monoisotopic (exact) mass is 444 g/mol. The van der Waals surface area contributed by atoms with Gasteiger partial charge in [0.1, 0.15) is 0 Å². The van der Waals surface area contributed by atoms with Crippen LogP contribution in [-0.4, -0.2) is 46.8 Å². The first kappa shape index (κ1) is 22.6. The van der Waals surface area contributed by atoms with Crippen molar-refractivity contribution < 1.29 is 23.5 Å². The second-order valence-corrected chi connectivity index (χ2v) is 10.4. The summed E-state index contributed by atoms with van der Waals surface area (Å²) >= 11 is 0. The fourth-order valence-electron chi connectivity index (χ4n) is 4.35. The molecule has 2 aromatic carbocycles. The van der Waals surface area contributed by atoms with Gasteiger partial charge in [-0.25, -0.2) is 0 Å². The summed E-state index contributed by atoms with van der Waals surface area (Å²) in [4.78, 5) is 0.803. The molecule has 0 aliphatic carbocycles. The Morgan fingerprint density at radius 1 is 1.06 bits per heavy atom. The molecule has 0 aromatic heterocycles. The minimum Gasteiger partial charge on any atom is -0.396 e. The van der Waals surface area contributed by atoms with Gasteiger partial charge >= 0.3 is 0 Å². The highest BCUT2D eigenvalue weighted by atomic mass is 32.2. The molecular formula is C25H32O5S. The molecule has 0 saturated carbocycles. The Morgan fingerprint density at radius 2 is 1.77 bits per heavy atom. The van der Waals surface area contributed by atoms with Crippen LogP contribution in [0.1, 0.15) is 30.4 Å². The lowest BCUT2D eigenvalue weighted by Gasteiger charge is -2.48. The molecule has 0 unspecified atom stereocenters. The van der Waals surface area contributed by atoms with Gasteiger partial charge in [-0.2, -0.15) is 0 Å². The first-order valence-electron chi connectivity index (χ1n) is 11.1. The smallest absolute Gasteiger partial charge is 0.182 e. The van der Waals surface area contributed by atoms with Gasteiger partial charge in [0.15, 0.2) is 5.79 Å². The Hall–Kier alpha value is -1.57. The van der Waals surface area contributed by atoms with Crippen LogP contribution in [0.4, 0.5) is 0 Å². The van der Waals surface area contributed by atoms with Crippen molar-refractivity contribution in [2.75, 3.05) is 26.4 Å². The molecule has 2 aliphatic heterocycles. The van der Waals surface area contributed by atoms with Gasteiger partial charge in [0.2, 0.25) is 0 Å². The molecule has 2 aliphatic rings. The van der Waals surface area contributed by atoms with E-state index in [4.69, 9.17) is 14.2 Å². The largest absolute Gasteiger partial charge is 0.396 e. The Labute approximate surface area is 187 Å². The molecule has 5 atom stereocenters. The van der Waals surface area contributed by atoms with Gasteiger partial charge in [-0.3, -0.25) is 4.21 Å². The van der Waals surface area contributed by atoms with Crippen molar-refractivity contribution in [2.24, 2.45) is 11.8 Å².